The Balaban J connectivity index is 1.43. The van der Waals surface area contributed by atoms with Crippen LogP contribution in [-0.4, -0.2) is 49.6 Å². The van der Waals surface area contributed by atoms with Crippen molar-refractivity contribution in [3.63, 3.8) is 0 Å². The van der Waals surface area contributed by atoms with E-state index in [2.05, 4.69) is 15.4 Å². The maximum absolute atomic E-state index is 13.8. The van der Waals surface area contributed by atoms with Crippen LogP contribution in [0, 0.1) is 12.8 Å². The molecule has 1 saturated heterocycles. The lowest BCUT2D eigenvalue weighted by molar-refractivity contribution is -0.121. The standard InChI is InChI=1S/C27H28N6O2/c1-3-33-25-22(16-28-33)21(15-23(30-25)19-10-5-4-6-11-19)27(35)32-14-8-12-20(17-32)26(34)31-24-13-7-9-18(2)29-24/h4-7,9-11,13,15-16,20H,3,8,12,14,17H2,1-2H3,(H,29,31,34). The fourth-order valence-electron chi connectivity index (χ4n) is 4.60. The summed E-state index contributed by atoms with van der Waals surface area (Å²) in [6.07, 6.45) is 3.21. The van der Waals surface area contributed by atoms with Crippen LogP contribution in [0.4, 0.5) is 5.82 Å². The normalized spacial score (nSPS) is 15.8. The molecule has 0 bridgehead atoms. The molecule has 1 unspecified atom stereocenters. The van der Waals surface area contributed by atoms with Gasteiger partial charge in [0.05, 0.1) is 28.8 Å². The lowest BCUT2D eigenvalue weighted by Crippen LogP contribution is -2.44. The fraction of sp³-hybridized carbons (Fsp3) is 0.296. The zero-order valence-electron chi connectivity index (χ0n) is 19.9. The number of rotatable bonds is 5. The molecule has 4 heterocycles. The van der Waals surface area contributed by atoms with Crippen LogP contribution in [0.1, 0.15) is 35.8 Å². The number of carbonyl (C=O) groups is 2. The zero-order chi connectivity index (χ0) is 24.4. The number of benzene rings is 1. The third-order valence-electron chi connectivity index (χ3n) is 6.43. The number of aromatic nitrogens is 4. The van der Waals surface area contributed by atoms with Gasteiger partial charge < -0.3 is 10.2 Å². The first-order valence-electron chi connectivity index (χ1n) is 12.0. The molecule has 1 atom stereocenters. The molecule has 8 nitrogen and oxygen atoms in total. The van der Waals surface area contributed by atoms with E-state index in [0.29, 0.717) is 36.7 Å². The van der Waals surface area contributed by atoms with Gasteiger partial charge in [0, 0.05) is 30.9 Å². The number of likely N-dealkylation sites (tertiary alicyclic amines) is 1. The summed E-state index contributed by atoms with van der Waals surface area (Å²) in [6.45, 7) is 5.51. The number of carbonyl (C=O) groups excluding carboxylic acids is 2. The molecule has 1 aromatic carbocycles. The number of nitrogens with one attached hydrogen (secondary N) is 1. The van der Waals surface area contributed by atoms with Crippen LogP contribution in [0.2, 0.25) is 0 Å². The first-order valence-corrected chi connectivity index (χ1v) is 12.0. The number of anilines is 1. The number of aryl methyl sites for hydroxylation is 2. The van der Waals surface area contributed by atoms with Gasteiger partial charge in [-0.05, 0) is 44.9 Å². The van der Waals surface area contributed by atoms with E-state index >= 15 is 0 Å². The van der Waals surface area contributed by atoms with Gasteiger partial charge in [-0.1, -0.05) is 36.4 Å². The number of fused-ring (bicyclic) bond motifs is 1. The van der Waals surface area contributed by atoms with E-state index in [0.717, 1.165) is 35.2 Å². The van der Waals surface area contributed by atoms with Crippen molar-refractivity contribution in [3.05, 3.63) is 72.1 Å². The molecule has 35 heavy (non-hydrogen) atoms. The van der Waals surface area contributed by atoms with Gasteiger partial charge in [0.25, 0.3) is 5.91 Å². The second-order valence-corrected chi connectivity index (χ2v) is 8.86. The van der Waals surface area contributed by atoms with Crippen LogP contribution >= 0.6 is 0 Å². The largest absolute Gasteiger partial charge is 0.338 e. The Morgan fingerprint density at radius 3 is 2.69 bits per heavy atom. The second-order valence-electron chi connectivity index (χ2n) is 8.86. The number of pyridine rings is 2. The van der Waals surface area contributed by atoms with Crippen LogP contribution in [0.5, 0.6) is 0 Å². The average molecular weight is 469 g/mol. The highest BCUT2D eigenvalue weighted by molar-refractivity contribution is 6.06. The molecule has 2 amide bonds. The molecular formula is C27H28N6O2. The summed E-state index contributed by atoms with van der Waals surface area (Å²) in [6, 6.07) is 17.2. The van der Waals surface area contributed by atoms with Crippen LogP contribution in [-0.2, 0) is 11.3 Å². The summed E-state index contributed by atoms with van der Waals surface area (Å²) in [5, 5.41) is 8.09. The Morgan fingerprint density at radius 2 is 1.91 bits per heavy atom. The lowest BCUT2D eigenvalue weighted by atomic mass is 9.96. The zero-order valence-corrected chi connectivity index (χ0v) is 19.9. The highest BCUT2D eigenvalue weighted by atomic mass is 16.2. The molecule has 0 radical (unpaired) electrons. The Kier molecular flexibility index (Phi) is 6.27. The summed E-state index contributed by atoms with van der Waals surface area (Å²) in [5.74, 6) is 0.0359. The van der Waals surface area contributed by atoms with Crippen LogP contribution in [0.25, 0.3) is 22.3 Å². The first-order chi connectivity index (χ1) is 17.0. The van der Waals surface area contributed by atoms with E-state index < -0.39 is 0 Å². The maximum Gasteiger partial charge on any atom is 0.254 e. The summed E-state index contributed by atoms with van der Waals surface area (Å²) < 4.78 is 1.81. The highest BCUT2D eigenvalue weighted by Gasteiger charge is 2.30. The van der Waals surface area contributed by atoms with Crippen molar-refractivity contribution in [3.8, 4) is 11.3 Å². The van der Waals surface area contributed by atoms with Crippen molar-refractivity contribution >= 4 is 28.7 Å². The van der Waals surface area contributed by atoms with E-state index in [-0.39, 0.29) is 17.7 Å². The fourth-order valence-corrected chi connectivity index (χ4v) is 4.60. The van der Waals surface area contributed by atoms with Crippen molar-refractivity contribution in [2.75, 3.05) is 18.4 Å². The van der Waals surface area contributed by atoms with E-state index in [1.807, 2.05) is 62.4 Å². The predicted molar refractivity (Wildman–Crippen MR) is 135 cm³/mol. The first kappa shape index (κ1) is 22.7. The molecule has 1 aliphatic rings. The van der Waals surface area contributed by atoms with Gasteiger partial charge in [-0.2, -0.15) is 5.10 Å². The number of nitrogens with zero attached hydrogens (tertiary/aromatic N) is 5. The minimum atomic E-state index is -0.292. The molecule has 1 N–H and O–H groups in total. The maximum atomic E-state index is 13.8. The van der Waals surface area contributed by atoms with Gasteiger partial charge in [0.1, 0.15) is 5.82 Å². The summed E-state index contributed by atoms with van der Waals surface area (Å²) in [4.78, 5) is 37.7. The Hall–Kier alpha value is -4.07. The number of amides is 2. The SMILES string of the molecule is CCn1ncc2c(C(=O)N3CCCC(C(=O)Nc4cccc(C)n4)C3)cc(-c3ccccc3)nc21. The molecule has 3 aromatic heterocycles. The van der Waals surface area contributed by atoms with Gasteiger partial charge in [-0.15, -0.1) is 0 Å². The molecule has 1 fully saturated rings. The molecule has 8 heteroatoms. The molecule has 5 rings (SSSR count). The Bertz CT molecular complexity index is 1380. The van der Waals surface area contributed by atoms with Gasteiger partial charge in [0.15, 0.2) is 5.65 Å². The molecule has 0 saturated carbocycles. The summed E-state index contributed by atoms with van der Waals surface area (Å²) in [5.41, 5.74) is 3.76. The van der Waals surface area contributed by atoms with Crippen molar-refractivity contribution in [2.45, 2.75) is 33.2 Å². The monoisotopic (exact) mass is 468 g/mol. The van der Waals surface area contributed by atoms with Gasteiger partial charge in [-0.25, -0.2) is 14.6 Å². The lowest BCUT2D eigenvalue weighted by Gasteiger charge is -2.32. The van der Waals surface area contributed by atoms with Gasteiger partial charge >= 0.3 is 0 Å². The third-order valence-corrected chi connectivity index (χ3v) is 6.43. The molecule has 178 valence electrons. The topological polar surface area (TPSA) is 93.0 Å². The Morgan fingerprint density at radius 1 is 1.09 bits per heavy atom. The average Bonchev–Trinajstić information content (AvgIpc) is 3.31. The molecule has 0 aliphatic carbocycles. The van der Waals surface area contributed by atoms with Crippen molar-refractivity contribution in [1.82, 2.24) is 24.6 Å². The number of hydrogen-bond acceptors (Lipinski definition) is 5. The van der Waals surface area contributed by atoms with E-state index in [1.54, 1.807) is 21.8 Å². The minimum Gasteiger partial charge on any atom is -0.338 e. The quantitative estimate of drug-likeness (QED) is 0.471. The molecule has 0 spiro atoms. The number of hydrogen-bond donors (Lipinski definition) is 1. The van der Waals surface area contributed by atoms with E-state index in [1.165, 1.54) is 0 Å². The molecule has 1 aliphatic heterocycles. The summed E-state index contributed by atoms with van der Waals surface area (Å²) >= 11 is 0. The second kappa shape index (κ2) is 9.66. The summed E-state index contributed by atoms with van der Waals surface area (Å²) in [7, 11) is 0. The highest BCUT2D eigenvalue weighted by Crippen LogP contribution is 2.28. The van der Waals surface area contributed by atoms with Gasteiger partial charge in [0.2, 0.25) is 5.91 Å². The van der Waals surface area contributed by atoms with Crippen LogP contribution in [0.15, 0.2) is 60.8 Å². The Labute approximate surface area is 204 Å². The third kappa shape index (κ3) is 4.64. The van der Waals surface area contributed by atoms with Crippen LogP contribution < -0.4 is 5.32 Å². The minimum absolute atomic E-state index is 0.101. The molecular weight excluding hydrogens is 440 g/mol. The molecule has 4 aromatic rings. The predicted octanol–water partition coefficient (Wildman–Crippen LogP) is 4.31. The van der Waals surface area contributed by atoms with Crippen LogP contribution in [0.3, 0.4) is 0 Å². The van der Waals surface area contributed by atoms with Crippen molar-refractivity contribution in [1.29, 1.82) is 0 Å². The van der Waals surface area contributed by atoms with Crippen molar-refractivity contribution < 1.29 is 9.59 Å². The smallest absolute Gasteiger partial charge is 0.254 e. The van der Waals surface area contributed by atoms with Crippen molar-refractivity contribution in [2.24, 2.45) is 5.92 Å². The number of piperidine rings is 1. The van der Waals surface area contributed by atoms with Gasteiger partial charge in [-0.3, -0.25) is 9.59 Å². The van der Waals surface area contributed by atoms with E-state index in [4.69, 9.17) is 4.98 Å². The van der Waals surface area contributed by atoms with E-state index in [9.17, 15) is 9.59 Å².